The van der Waals surface area contributed by atoms with Gasteiger partial charge in [0.25, 0.3) is 0 Å². The van der Waals surface area contributed by atoms with Gasteiger partial charge < -0.3 is 10.1 Å². The van der Waals surface area contributed by atoms with Gasteiger partial charge in [0.15, 0.2) is 0 Å². The smallest absolute Gasteiger partial charge is 0.124 e. The fourth-order valence-corrected chi connectivity index (χ4v) is 2.74. The average Bonchev–Trinajstić information content (AvgIpc) is 2.29. The molecule has 1 aromatic carbocycles. The van der Waals surface area contributed by atoms with Crippen molar-refractivity contribution in [1.29, 1.82) is 0 Å². The van der Waals surface area contributed by atoms with Crippen molar-refractivity contribution in [2.24, 2.45) is 0 Å². The molecule has 3 nitrogen and oxygen atoms in total. The minimum atomic E-state index is -0.735. The van der Waals surface area contributed by atoms with E-state index in [9.17, 15) is 4.21 Å². The molecule has 1 aliphatic heterocycles. The van der Waals surface area contributed by atoms with E-state index in [1.54, 1.807) is 6.26 Å². The minimum absolute atomic E-state index is 0.305. The molecule has 1 heterocycles. The number of nitrogens with one attached hydrogen (secondary N) is 1. The highest BCUT2D eigenvalue weighted by atomic mass is 79.9. The standard InChI is InChI=1S/C12H16BrNO2S/c1-17(15)7-5-14-11-4-6-16-12-3-2-9(13)8-10(11)12/h2-3,8,11,14H,4-7H2,1H3. The molecule has 17 heavy (non-hydrogen) atoms. The predicted octanol–water partition coefficient (Wildman–Crippen LogP) is 2.24. The van der Waals surface area contributed by atoms with Crippen LogP contribution < -0.4 is 10.1 Å². The number of rotatable bonds is 4. The summed E-state index contributed by atoms with van der Waals surface area (Å²) in [4.78, 5) is 0. The number of fused-ring (bicyclic) bond motifs is 1. The Labute approximate surface area is 113 Å². The molecule has 0 amide bonds. The number of hydrogen-bond acceptors (Lipinski definition) is 3. The SMILES string of the molecule is CS(=O)CCNC1CCOc2ccc(Br)cc21. The molecule has 1 N–H and O–H groups in total. The zero-order chi connectivity index (χ0) is 12.3. The Morgan fingerprint density at radius 2 is 2.41 bits per heavy atom. The first-order chi connectivity index (χ1) is 8.16. The zero-order valence-electron chi connectivity index (χ0n) is 9.74. The van der Waals surface area contributed by atoms with Crippen molar-refractivity contribution >= 4 is 26.7 Å². The van der Waals surface area contributed by atoms with E-state index in [2.05, 4.69) is 27.3 Å². The van der Waals surface area contributed by atoms with E-state index in [-0.39, 0.29) is 0 Å². The van der Waals surface area contributed by atoms with Crippen LogP contribution in [-0.2, 0) is 10.8 Å². The van der Waals surface area contributed by atoms with Gasteiger partial charge in [-0.2, -0.15) is 0 Å². The van der Waals surface area contributed by atoms with Crippen molar-refractivity contribution in [3.63, 3.8) is 0 Å². The largest absolute Gasteiger partial charge is 0.493 e. The third-order valence-electron chi connectivity index (χ3n) is 2.79. The van der Waals surface area contributed by atoms with Crippen molar-refractivity contribution < 1.29 is 8.95 Å². The first-order valence-corrected chi connectivity index (χ1v) is 8.14. The second-order valence-electron chi connectivity index (χ2n) is 4.10. The van der Waals surface area contributed by atoms with Crippen molar-refractivity contribution in [3.8, 4) is 5.75 Å². The van der Waals surface area contributed by atoms with E-state index in [1.165, 1.54) is 5.56 Å². The maximum absolute atomic E-state index is 11.0. The molecule has 1 aliphatic rings. The van der Waals surface area contributed by atoms with Crippen LogP contribution in [0.3, 0.4) is 0 Å². The summed E-state index contributed by atoms with van der Waals surface area (Å²) < 4.78 is 17.7. The van der Waals surface area contributed by atoms with Gasteiger partial charge >= 0.3 is 0 Å². The normalized spacial score (nSPS) is 20.5. The van der Waals surface area contributed by atoms with Crippen LogP contribution in [-0.4, -0.2) is 29.4 Å². The summed E-state index contributed by atoms with van der Waals surface area (Å²) in [6.07, 6.45) is 2.69. The van der Waals surface area contributed by atoms with Crippen LogP contribution in [0.15, 0.2) is 22.7 Å². The Balaban J connectivity index is 2.05. The van der Waals surface area contributed by atoms with Crippen molar-refractivity contribution in [2.45, 2.75) is 12.5 Å². The highest BCUT2D eigenvalue weighted by molar-refractivity contribution is 9.10. The molecule has 0 saturated heterocycles. The minimum Gasteiger partial charge on any atom is -0.493 e. The lowest BCUT2D eigenvalue weighted by Gasteiger charge is -2.27. The van der Waals surface area contributed by atoms with Gasteiger partial charge in [-0.25, -0.2) is 0 Å². The lowest BCUT2D eigenvalue weighted by molar-refractivity contribution is 0.254. The Kier molecular flexibility index (Phi) is 4.59. The molecule has 0 spiro atoms. The van der Waals surface area contributed by atoms with Crippen LogP contribution in [0.1, 0.15) is 18.0 Å². The average molecular weight is 318 g/mol. The van der Waals surface area contributed by atoms with E-state index in [0.717, 1.165) is 29.8 Å². The first kappa shape index (κ1) is 13.1. The summed E-state index contributed by atoms with van der Waals surface area (Å²) in [5.41, 5.74) is 1.19. The number of hydrogen-bond donors (Lipinski definition) is 1. The van der Waals surface area contributed by atoms with Crippen molar-refractivity contribution in [1.82, 2.24) is 5.32 Å². The molecule has 0 fully saturated rings. The molecule has 1 aromatic rings. The van der Waals surface area contributed by atoms with Crippen molar-refractivity contribution in [2.75, 3.05) is 25.2 Å². The molecular formula is C12H16BrNO2S. The fourth-order valence-electron chi connectivity index (χ4n) is 1.95. The van der Waals surface area contributed by atoms with Crippen LogP contribution in [0.2, 0.25) is 0 Å². The van der Waals surface area contributed by atoms with Crippen LogP contribution >= 0.6 is 15.9 Å². The fraction of sp³-hybridized carbons (Fsp3) is 0.500. The first-order valence-electron chi connectivity index (χ1n) is 5.62. The second kappa shape index (κ2) is 5.98. The summed E-state index contributed by atoms with van der Waals surface area (Å²) in [6, 6.07) is 6.38. The van der Waals surface area contributed by atoms with Crippen LogP contribution in [0.5, 0.6) is 5.75 Å². The maximum Gasteiger partial charge on any atom is 0.124 e. The molecule has 0 aliphatic carbocycles. The predicted molar refractivity (Wildman–Crippen MR) is 73.9 cm³/mol. The van der Waals surface area contributed by atoms with Gasteiger partial charge in [0.05, 0.1) is 6.61 Å². The summed E-state index contributed by atoms with van der Waals surface area (Å²) in [5, 5.41) is 3.44. The third-order valence-corrected chi connectivity index (χ3v) is 4.06. The topological polar surface area (TPSA) is 38.3 Å². The summed E-state index contributed by atoms with van der Waals surface area (Å²) >= 11 is 3.48. The third kappa shape index (κ3) is 3.53. The van der Waals surface area contributed by atoms with Gasteiger partial charge in [-0.15, -0.1) is 0 Å². The van der Waals surface area contributed by atoms with E-state index >= 15 is 0 Å². The van der Waals surface area contributed by atoms with Gasteiger partial charge in [-0.3, -0.25) is 4.21 Å². The van der Waals surface area contributed by atoms with Gasteiger partial charge in [0.2, 0.25) is 0 Å². The number of halogens is 1. The summed E-state index contributed by atoms with van der Waals surface area (Å²) in [7, 11) is -0.735. The van der Waals surface area contributed by atoms with Gasteiger partial charge in [-0.1, -0.05) is 15.9 Å². The second-order valence-corrected chi connectivity index (χ2v) is 6.57. The molecular weight excluding hydrogens is 302 g/mol. The van der Waals surface area contributed by atoms with Crippen LogP contribution in [0.4, 0.5) is 0 Å². The molecule has 0 radical (unpaired) electrons. The van der Waals surface area contributed by atoms with Crippen LogP contribution in [0.25, 0.3) is 0 Å². The summed E-state index contributed by atoms with van der Waals surface area (Å²) in [5.74, 6) is 1.65. The van der Waals surface area contributed by atoms with Gasteiger partial charge in [-0.05, 0) is 18.2 Å². The number of ether oxygens (including phenoxy) is 1. The number of benzene rings is 1. The van der Waals surface area contributed by atoms with Gasteiger partial charge in [0, 0.05) is 51.9 Å². The van der Waals surface area contributed by atoms with E-state index < -0.39 is 10.8 Å². The maximum atomic E-state index is 11.0. The molecule has 0 bridgehead atoms. The highest BCUT2D eigenvalue weighted by Gasteiger charge is 2.20. The molecule has 2 rings (SSSR count). The van der Waals surface area contributed by atoms with Crippen LogP contribution in [0, 0.1) is 0 Å². The summed E-state index contributed by atoms with van der Waals surface area (Å²) in [6.45, 7) is 1.52. The molecule has 2 unspecified atom stereocenters. The molecule has 0 saturated carbocycles. The Morgan fingerprint density at radius 3 is 3.18 bits per heavy atom. The molecule has 2 atom stereocenters. The Hall–Kier alpha value is -0.390. The molecule has 94 valence electrons. The monoisotopic (exact) mass is 317 g/mol. The van der Waals surface area contributed by atoms with E-state index in [0.29, 0.717) is 11.8 Å². The Morgan fingerprint density at radius 1 is 1.59 bits per heavy atom. The quantitative estimate of drug-likeness (QED) is 0.925. The molecule has 0 aromatic heterocycles. The highest BCUT2D eigenvalue weighted by Crippen LogP contribution is 2.33. The van der Waals surface area contributed by atoms with E-state index in [1.807, 2.05) is 12.1 Å². The lowest BCUT2D eigenvalue weighted by Crippen LogP contribution is -2.29. The lowest BCUT2D eigenvalue weighted by atomic mass is 10.0. The van der Waals surface area contributed by atoms with Gasteiger partial charge in [0.1, 0.15) is 5.75 Å². The zero-order valence-corrected chi connectivity index (χ0v) is 12.1. The Bertz CT molecular complexity index is 425. The van der Waals surface area contributed by atoms with E-state index in [4.69, 9.17) is 4.74 Å². The molecule has 5 heteroatoms. The van der Waals surface area contributed by atoms with Crippen molar-refractivity contribution in [3.05, 3.63) is 28.2 Å².